The molecule has 2 rings (SSSR count). The van der Waals surface area contributed by atoms with Crippen LogP contribution in [0.5, 0.6) is 5.88 Å². The van der Waals surface area contributed by atoms with E-state index in [1.165, 1.54) is 0 Å². The average Bonchev–Trinajstić information content (AvgIpc) is 2.40. The zero-order chi connectivity index (χ0) is 14.8. The Labute approximate surface area is 129 Å². The molecule has 0 N–H and O–H groups in total. The molecular weight excluding hydrogens is 384 g/mol. The Morgan fingerprint density at radius 1 is 1.40 bits per heavy atom. The number of hydrogen-bond acceptors (Lipinski definition) is 3. The van der Waals surface area contributed by atoms with Crippen LogP contribution in [-0.4, -0.2) is 36.3 Å². The lowest BCUT2D eigenvalue weighted by Crippen LogP contribution is -2.38. The first kappa shape index (κ1) is 15.8. The first-order valence-electron chi connectivity index (χ1n) is 6.38. The number of nitrogens with zero attached hydrogens (tertiary/aromatic N) is 2. The van der Waals surface area contributed by atoms with Crippen molar-refractivity contribution in [2.24, 2.45) is 5.92 Å². The van der Waals surface area contributed by atoms with E-state index in [4.69, 9.17) is 4.74 Å². The van der Waals surface area contributed by atoms with Gasteiger partial charge < -0.3 is 4.74 Å². The second kappa shape index (κ2) is 6.46. The monoisotopic (exact) mass is 400 g/mol. The largest absolute Gasteiger partial charge is 0.481 e. The van der Waals surface area contributed by atoms with Gasteiger partial charge in [0.1, 0.15) is 0 Å². The summed E-state index contributed by atoms with van der Waals surface area (Å²) in [5, 5.41) is 0. The van der Waals surface area contributed by atoms with Crippen LogP contribution in [0.1, 0.15) is 18.4 Å². The van der Waals surface area contributed by atoms with Crippen LogP contribution in [0, 0.1) is 9.49 Å². The van der Waals surface area contributed by atoms with Gasteiger partial charge in [0.15, 0.2) is 0 Å². The summed E-state index contributed by atoms with van der Waals surface area (Å²) in [6, 6.07) is 1.88. The third-order valence-corrected chi connectivity index (χ3v) is 4.60. The number of piperidine rings is 1. The number of methoxy groups -OCH3 is 1. The quantitative estimate of drug-likeness (QED) is 0.727. The molecule has 0 amide bonds. The van der Waals surface area contributed by atoms with E-state index in [2.05, 4.69) is 27.6 Å². The molecular formula is C13H16F3IN2O. The number of rotatable bonds is 3. The molecule has 1 aliphatic heterocycles. The molecule has 20 heavy (non-hydrogen) atoms. The van der Waals surface area contributed by atoms with Gasteiger partial charge in [0.05, 0.1) is 13.0 Å². The number of ether oxygens (including phenoxy) is 1. The highest BCUT2D eigenvalue weighted by molar-refractivity contribution is 14.1. The lowest BCUT2D eigenvalue weighted by atomic mass is 9.96. The lowest BCUT2D eigenvalue weighted by molar-refractivity contribution is -0.185. The van der Waals surface area contributed by atoms with Crippen molar-refractivity contribution in [3.05, 3.63) is 21.4 Å². The molecule has 0 atom stereocenters. The molecule has 1 aliphatic rings. The van der Waals surface area contributed by atoms with Crippen molar-refractivity contribution in [1.29, 1.82) is 0 Å². The number of pyridine rings is 1. The summed E-state index contributed by atoms with van der Waals surface area (Å²) in [7, 11) is 1.55. The maximum absolute atomic E-state index is 12.6. The molecule has 0 aliphatic carbocycles. The standard InChI is InChI=1S/C13H16F3IN2O/c1-20-12-10(11(17)2-5-18-12)8-19-6-3-9(4-7-19)13(14,15)16/h2,5,9H,3-4,6-8H2,1H3. The lowest BCUT2D eigenvalue weighted by Gasteiger charge is -2.33. The molecule has 0 bridgehead atoms. The fourth-order valence-electron chi connectivity index (χ4n) is 2.41. The number of aromatic nitrogens is 1. The van der Waals surface area contributed by atoms with E-state index in [9.17, 15) is 13.2 Å². The first-order chi connectivity index (χ1) is 9.41. The molecule has 0 aromatic carbocycles. The van der Waals surface area contributed by atoms with Gasteiger partial charge in [-0.1, -0.05) is 0 Å². The smallest absolute Gasteiger partial charge is 0.391 e. The van der Waals surface area contributed by atoms with Gasteiger partial charge in [-0.25, -0.2) is 4.98 Å². The molecule has 0 spiro atoms. The number of likely N-dealkylation sites (tertiary alicyclic amines) is 1. The second-order valence-electron chi connectivity index (χ2n) is 4.87. The van der Waals surface area contributed by atoms with Crippen molar-refractivity contribution >= 4 is 22.6 Å². The average molecular weight is 400 g/mol. The zero-order valence-corrected chi connectivity index (χ0v) is 13.2. The van der Waals surface area contributed by atoms with Crippen molar-refractivity contribution in [3.8, 4) is 5.88 Å². The third-order valence-electron chi connectivity index (χ3n) is 3.58. The predicted molar refractivity (Wildman–Crippen MR) is 77.6 cm³/mol. The number of hydrogen-bond donors (Lipinski definition) is 0. The van der Waals surface area contributed by atoms with Gasteiger partial charge in [-0.15, -0.1) is 0 Å². The fourth-order valence-corrected chi connectivity index (χ4v) is 2.97. The molecule has 112 valence electrons. The van der Waals surface area contributed by atoms with Crippen molar-refractivity contribution in [3.63, 3.8) is 0 Å². The molecule has 2 heterocycles. The normalized spacial score (nSPS) is 18.2. The Morgan fingerprint density at radius 2 is 2.05 bits per heavy atom. The molecule has 7 heteroatoms. The fraction of sp³-hybridized carbons (Fsp3) is 0.615. The van der Waals surface area contributed by atoms with E-state index in [0.29, 0.717) is 25.5 Å². The minimum absolute atomic E-state index is 0.169. The van der Waals surface area contributed by atoms with Gasteiger partial charge in [-0.2, -0.15) is 13.2 Å². The summed E-state index contributed by atoms with van der Waals surface area (Å²) in [4.78, 5) is 6.18. The Bertz CT molecular complexity index is 459. The topological polar surface area (TPSA) is 25.4 Å². The van der Waals surface area contributed by atoms with Gasteiger partial charge in [-0.05, 0) is 54.6 Å². The highest BCUT2D eigenvalue weighted by Crippen LogP contribution is 2.35. The zero-order valence-electron chi connectivity index (χ0n) is 11.1. The summed E-state index contributed by atoms with van der Waals surface area (Å²) < 4.78 is 44.1. The van der Waals surface area contributed by atoms with Gasteiger partial charge in [0.2, 0.25) is 5.88 Å². The van der Waals surface area contributed by atoms with Crippen LogP contribution in [0.25, 0.3) is 0 Å². The van der Waals surface area contributed by atoms with Crippen LogP contribution in [0.3, 0.4) is 0 Å². The van der Waals surface area contributed by atoms with Crippen LogP contribution >= 0.6 is 22.6 Å². The summed E-state index contributed by atoms with van der Waals surface area (Å²) >= 11 is 2.20. The maximum Gasteiger partial charge on any atom is 0.391 e. The maximum atomic E-state index is 12.6. The Kier molecular flexibility index (Phi) is 5.11. The van der Waals surface area contributed by atoms with E-state index in [0.717, 1.165) is 9.13 Å². The molecule has 0 radical (unpaired) electrons. The van der Waals surface area contributed by atoms with E-state index >= 15 is 0 Å². The molecule has 0 saturated carbocycles. The van der Waals surface area contributed by atoms with Crippen LogP contribution < -0.4 is 4.74 Å². The minimum atomic E-state index is -4.06. The Hall–Kier alpha value is -0.570. The highest BCUT2D eigenvalue weighted by atomic mass is 127. The van der Waals surface area contributed by atoms with Crippen molar-refractivity contribution in [2.75, 3.05) is 20.2 Å². The Morgan fingerprint density at radius 3 is 2.60 bits per heavy atom. The van der Waals surface area contributed by atoms with E-state index < -0.39 is 12.1 Å². The molecule has 0 unspecified atom stereocenters. The predicted octanol–water partition coefficient (Wildman–Crippen LogP) is 3.47. The van der Waals surface area contributed by atoms with Gasteiger partial charge in [0, 0.05) is 21.9 Å². The summed E-state index contributed by atoms with van der Waals surface area (Å²) in [6.45, 7) is 1.50. The second-order valence-corrected chi connectivity index (χ2v) is 6.03. The van der Waals surface area contributed by atoms with E-state index in [-0.39, 0.29) is 12.8 Å². The summed E-state index contributed by atoms with van der Waals surface area (Å²) in [6.07, 6.45) is -2.06. The van der Waals surface area contributed by atoms with Crippen molar-refractivity contribution in [2.45, 2.75) is 25.6 Å². The third kappa shape index (κ3) is 3.75. The van der Waals surface area contributed by atoms with Crippen LogP contribution in [-0.2, 0) is 6.54 Å². The van der Waals surface area contributed by atoms with Crippen LogP contribution in [0.15, 0.2) is 12.3 Å². The molecule has 1 aromatic rings. The first-order valence-corrected chi connectivity index (χ1v) is 7.46. The summed E-state index contributed by atoms with van der Waals surface area (Å²) in [5.74, 6) is -0.608. The van der Waals surface area contributed by atoms with Crippen LogP contribution in [0.4, 0.5) is 13.2 Å². The molecule has 1 fully saturated rings. The molecule has 1 saturated heterocycles. The van der Waals surface area contributed by atoms with E-state index in [1.807, 2.05) is 11.0 Å². The van der Waals surface area contributed by atoms with Crippen LogP contribution in [0.2, 0.25) is 0 Å². The number of alkyl halides is 3. The van der Waals surface area contributed by atoms with Gasteiger partial charge in [0.25, 0.3) is 0 Å². The van der Waals surface area contributed by atoms with Crippen molar-refractivity contribution < 1.29 is 17.9 Å². The number of halogens is 4. The minimum Gasteiger partial charge on any atom is -0.481 e. The highest BCUT2D eigenvalue weighted by Gasteiger charge is 2.41. The van der Waals surface area contributed by atoms with Crippen molar-refractivity contribution in [1.82, 2.24) is 9.88 Å². The SMILES string of the molecule is COc1nccc(I)c1CN1CCC(C(F)(F)F)CC1. The molecule has 1 aromatic heterocycles. The van der Waals surface area contributed by atoms with Gasteiger partial charge in [-0.3, -0.25) is 4.90 Å². The molecule has 3 nitrogen and oxygen atoms in total. The summed E-state index contributed by atoms with van der Waals surface area (Å²) in [5.41, 5.74) is 0.945. The van der Waals surface area contributed by atoms with Gasteiger partial charge >= 0.3 is 6.18 Å². The Balaban J connectivity index is 2.00. The van der Waals surface area contributed by atoms with E-state index in [1.54, 1.807) is 13.3 Å².